The molecule has 0 saturated heterocycles. The summed E-state index contributed by atoms with van der Waals surface area (Å²) in [6.07, 6.45) is 0. The Morgan fingerprint density at radius 3 is 2.65 bits per heavy atom. The van der Waals surface area contributed by atoms with Crippen LogP contribution in [-0.2, 0) is 0 Å². The Hall–Kier alpha value is -2.08. The smallest absolute Gasteiger partial charge is 0.259 e. The van der Waals surface area contributed by atoms with Gasteiger partial charge in [0.05, 0.1) is 18.4 Å². The van der Waals surface area contributed by atoms with Crippen LogP contribution in [0.25, 0.3) is 0 Å². The number of phenolic OH excluding ortho intramolecular Hbond substituents is 1. The summed E-state index contributed by atoms with van der Waals surface area (Å²) in [4.78, 5) is 12.1. The van der Waals surface area contributed by atoms with E-state index in [1.807, 2.05) is 0 Å². The normalized spacial score (nSPS) is 10.2. The number of hydrogen-bond acceptors (Lipinski definition) is 3. The number of halogens is 2. The summed E-state index contributed by atoms with van der Waals surface area (Å²) >= 11 is 3.15. The van der Waals surface area contributed by atoms with Crippen molar-refractivity contribution in [3.8, 4) is 11.5 Å². The molecule has 2 N–H and O–H groups in total. The summed E-state index contributed by atoms with van der Waals surface area (Å²) in [5.41, 5.74) is 0.0132. The third-order valence-electron chi connectivity index (χ3n) is 2.66. The average molecular weight is 340 g/mol. The van der Waals surface area contributed by atoms with Gasteiger partial charge in [0.15, 0.2) is 11.5 Å². The second kappa shape index (κ2) is 5.92. The van der Waals surface area contributed by atoms with Gasteiger partial charge in [0.1, 0.15) is 5.82 Å². The summed E-state index contributed by atoms with van der Waals surface area (Å²) in [6, 6.07) is 8.84. The predicted octanol–water partition coefficient (Wildman–Crippen LogP) is 3.55. The molecule has 2 aromatic carbocycles. The fourth-order valence-corrected chi connectivity index (χ4v) is 2.11. The Kier molecular flexibility index (Phi) is 4.24. The van der Waals surface area contributed by atoms with E-state index < -0.39 is 11.7 Å². The number of carbonyl (C=O) groups is 1. The van der Waals surface area contributed by atoms with E-state index in [0.717, 1.165) is 0 Å². The lowest BCUT2D eigenvalue weighted by Crippen LogP contribution is -2.14. The second-order valence-corrected chi connectivity index (χ2v) is 4.76. The van der Waals surface area contributed by atoms with Gasteiger partial charge < -0.3 is 15.2 Å². The number of nitrogens with one attached hydrogen (secondary N) is 1. The molecule has 0 spiro atoms. The number of methoxy groups -OCH3 is 1. The van der Waals surface area contributed by atoms with Gasteiger partial charge in [0.2, 0.25) is 0 Å². The highest BCUT2D eigenvalue weighted by Gasteiger charge is 2.17. The van der Waals surface area contributed by atoms with Crippen molar-refractivity contribution in [3.63, 3.8) is 0 Å². The maximum Gasteiger partial charge on any atom is 0.259 e. The minimum Gasteiger partial charge on any atom is -0.504 e. The number of para-hydroxylation sites is 2. The molecule has 0 radical (unpaired) electrons. The van der Waals surface area contributed by atoms with Crippen molar-refractivity contribution in [2.45, 2.75) is 0 Å². The molecule has 0 aliphatic heterocycles. The SMILES string of the molecule is COc1cccc(C(=O)Nc2c(F)cccc2Br)c1O. The Morgan fingerprint density at radius 1 is 1.30 bits per heavy atom. The zero-order chi connectivity index (χ0) is 14.7. The first-order chi connectivity index (χ1) is 9.54. The van der Waals surface area contributed by atoms with Crippen molar-refractivity contribution in [3.05, 3.63) is 52.3 Å². The first-order valence-corrected chi connectivity index (χ1v) is 6.45. The summed E-state index contributed by atoms with van der Waals surface area (Å²) < 4.78 is 19.0. The number of benzene rings is 2. The van der Waals surface area contributed by atoms with Crippen LogP contribution in [0, 0.1) is 5.82 Å². The molecule has 0 atom stereocenters. The van der Waals surface area contributed by atoms with Crippen molar-refractivity contribution < 1.29 is 19.0 Å². The van der Waals surface area contributed by atoms with Crippen molar-refractivity contribution in [1.82, 2.24) is 0 Å². The lowest BCUT2D eigenvalue weighted by molar-refractivity contribution is 0.102. The Labute approximate surface area is 123 Å². The Bertz CT molecular complexity index is 641. The van der Waals surface area contributed by atoms with Crippen molar-refractivity contribution in [1.29, 1.82) is 0 Å². The van der Waals surface area contributed by atoms with E-state index in [4.69, 9.17) is 4.74 Å². The molecule has 0 bridgehead atoms. The Morgan fingerprint density at radius 2 is 2.00 bits per heavy atom. The van der Waals surface area contributed by atoms with Crippen molar-refractivity contribution >= 4 is 27.5 Å². The molecule has 2 rings (SSSR count). The number of carbonyl (C=O) groups excluding carboxylic acids is 1. The van der Waals surface area contributed by atoms with E-state index in [1.54, 1.807) is 12.1 Å². The van der Waals surface area contributed by atoms with Gasteiger partial charge >= 0.3 is 0 Å². The van der Waals surface area contributed by atoms with Crippen LogP contribution in [-0.4, -0.2) is 18.1 Å². The van der Waals surface area contributed by atoms with Gasteiger partial charge in [-0.3, -0.25) is 4.79 Å². The largest absolute Gasteiger partial charge is 0.504 e. The van der Waals surface area contributed by atoms with Gasteiger partial charge in [0, 0.05) is 4.47 Å². The molecule has 20 heavy (non-hydrogen) atoms. The first-order valence-electron chi connectivity index (χ1n) is 5.66. The molecule has 0 unspecified atom stereocenters. The first kappa shape index (κ1) is 14.3. The van der Waals surface area contributed by atoms with E-state index in [2.05, 4.69) is 21.2 Å². The molecule has 1 amide bonds. The second-order valence-electron chi connectivity index (χ2n) is 3.91. The number of hydrogen-bond donors (Lipinski definition) is 2. The van der Waals surface area contributed by atoms with E-state index in [9.17, 15) is 14.3 Å². The molecule has 0 fully saturated rings. The van der Waals surface area contributed by atoms with Gasteiger partial charge in [-0.05, 0) is 40.2 Å². The van der Waals surface area contributed by atoms with E-state index in [0.29, 0.717) is 4.47 Å². The van der Waals surface area contributed by atoms with Crippen molar-refractivity contribution in [2.75, 3.05) is 12.4 Å². The third kappa shape index (κ3) is 2.75. The number of aromatic hydroxyl groups is 1. The Balaban J connectivity index is 2.34. The zero-order valence-corrected chi connectivity index (χ0v) is 12.1. The van der Waals surface area contributed by atoms with Gasteiger partial charge in [-0.15, -0.1) is 0 Å². The van der Waals surface area contributed by atoms with Crippen LogP contribution in [0.2, 0.25) is 0 Å². The van der Waals surface area contributed by atoms with Crippen LogP contribution in [0.15, 0.2) is 40.9 Å². The fourth-order valence-electron chi connectivity index (χ4n) is 1.67. The van der Waals surface area contributed by atoms with E-state index >= 15 is 0 Å². The quantitative estimate of drug-likeness (QED) is 0.898. The fraction of sp³-hybridized carbons (Fsp3) is 0.0714. The lowest BCUT2D eigenvalue weighted by atomic mass is 10.1. The monoisotopic (exact) mass is 339 g/mol. The number of ether oxygens (including phenoxy) is 1. The van der Waals surface area contributed by atoms with Gasteiger partial charge in [-0.1, -0.05) is 12.1 Å². The molecule has 0 aliphatic carbocycles. The maximum atomic E-state index is 13.6. The highest BCUT2D eigenvalue weighted by molar-refractivity contribution is 9.10. The number of rotatable bonds is 3. The molecule has 0 aliphatic rings. The number of phenols is 1. The van der Waals surface area contributed by atoms with E-state index in [-0.39, 0.29) is 22.7 Å². The van der Waals surface area contributed by atoms with Crippen molar-refractivity contribution in [2.24, 2.45) is 0 Å². The minimum absolute atomic E-state index is 0.000460. The van der Waals surface area contributed by atoms with E-state index in [1.165, 1.54) is 31.4 Å². The van der Waals surface area contributed by atoms with Crippen LogP contribution in [0.5, 0.6) is 11.5 Å². The van der Waals surface area contributed by atoms with Crippen LogP contribution in [0.4, 0.5) is 10.1 Å². The van der Waals surface area contributed by atoms with Crippen LogP contribution < -0.4 is 10.1 Å². The number of amides is 1. The molecular formula is C14H11BrFNO3. The van der Waals surface area contributed by atoms with Crippen LogP contribution >= 0.6 is 15.9 Å². The molecule has 6 heteroatoms. The molecular weight excluding hydrogens is 329 g/mol. The summed E-state index contributed by atoms with van der Waals surface area (Å²) in [6.45, 7) is 0. The van der Waals surface area contributed by atoms with Crippen LogP contribution in [0.1, 0.15) is 10.4 Å². The van der Waals surface area contributed by atoms with Crippen LogP contribution in [0.3, 0.4) is 0 Å². The van der Waals surface area contributed by atoms with Gasteiger partial charge in [-0.2, -0.15) is 0 Å². The lowest BCUT2D eigenvalue weighted by Gasteiger charge is -2.11. The molecule has 4 nitrogen and oxygen atoms in total. The molecule has 0 heterocycles. The van der Waals surface area contributed by atoms with Gasteiger partial charge in [0.25, 0.3) is 5.91 Å². The summed E-state index contributed by atoms with van der Waals surface area (Å²) in [5, 5.41) is 12.3. The minimum atomic E-state index is -0.632. The predicted molar refractivity (Wildman–Crippen MR) is 76.7 cm³/mol. The maximum absolute atomic E-state index is 13.6. The average Bonchev–Trinajstić information content (AvgIpc) is 2.43. The topological polar surface area (TPSA) is 58.6 Å². The molecule has 0 aromatic heterocycles. The standard InChI is InChI=1S/C14H11BrFNO3/c1-20-11-7-2-4-8(13(11)18)14(19)17-12-9(15)5-3-6-10(12)16/h2-7,18H,1H3,(H,17,19). The molecule has 0 saturated carbocycles. The van der Waals surface area contributed by atoms with Gasteiger partial charge in [-0.25, -0.2) is 4.39 Å². The summed E-state index contributed by atoms with van der Waals surface area (Å²) in [5.74, 6) is -1.33. The number of anilines is 1. The highest BCUT2D eigenvalue weighted by Crippen LogP contribution is 2.31. The zero-order valence-electron chi connectivity index (χ0n) is 10.5. The molecule has 2 aromatic rings. The molecule has 104 valence electrons. The highest BCUT2D eigenvalue weighted by atomic mass is 79.9. The third-order valence-corrected chi connectivity index (χ3v) is 3.33. The summed E-state index contributed by atoms with van der Waals surface area (Å²) in [7, 11) is 1.38.